The molecule has 0 spiro atoms. The van der Waals surface area contributed by atoms with Crippen LogP contribution in [0.25, 0.3) is 11.8 Å². The highest BCUT2D eigenvalue weighted by Crippen LogP contribution is 2.33. The van der Waals surface area contributed by atoms with E-state index in [1.54, 1.807) is 23.1 Å². The molecule has 0 aliphatic carbocycles. The van der Waals surface area contributed by atoms with E-state index in [4.69, 9.17) is 5.41 Å². The topological polar surface area (TPSA) is 105 Å². The quantitative estimate of drug-likeness (QED) is 0.447. The Morgan fingerprint density at radius 3 is 2.63 bits per heavy atom. The molecule has 4 rings (SSSR count). The molecule has 0 radical (unpaired) electrons. The van der Waals surface area contributed by atoms with Gasteiger partial charge in [0.05, 0.1) is 16.2 Å². The van der Waals surface area contributed by atoms with Gasteiger partial charge in [0, 0.05) is 29.2 Å². The van der Waals surface area contributed by atoms with Crippen LogP contribution in [0.3, 0.4) is 0 Å². The predicted octanol–water partition coefficient (Wildman–Crippen LogP) is 4.48. The van der Waals surface area contributed by atoms with Gasteiger partial charge in [-0.15, -0.1) is 0 Å². The standard InChI is InChI=1S/C21H19N5O3S/c1-11-5-6-16(26(28)29)9-18(11)24-12(2)7-15(14(24)4)8-17-19(22)25-13(3)10-30-21(25)23-20(17)27/h5-10,22H,1-4H3. The van der Waals surface area contributed by atoms with E-state index >= 15 is 0 Å². The van der Waals surface area contributed by atoms with E-state index in [0.717, 1.165) is 28.2 Å². The molecule has 1 aromatic carbocycles. The Bertz CT molecular complexity index is 1240. The van der Waals surface area contributed by atoms with Crippen molar-refractivity contribution in [2.45, 2.75) is 27.7 Å². The number of aromatic nitrogens is 1. The monoisotopic (exact) mass is 421 g/mol. The lowest BCUT2D eigenvalue weighted by Crippen LogP contribution is -2.37. The maximum absolute atomic E-state index is 12.6. The number of allylic oxidation sites excluding steroid dienone is 1. The van der Waals surface area contributed by atoms with E-state index in [1.165, 1.54) is 17.8 Å². The van der Waals surface area contributed by atoms with Crippen LogP contribution in [0.1, 0.15) is 29.4 Å². The summed E-state index contributed by atoms with van der Waals surface area (Å²) < 4.78 is 1.93. The summed E-state index contributed by atoms with van der Waals surface area (Å²) in [4.78, 5) is 29.1. The normalized spacial score (nSPS) is 17.3. The third kappa shape index (κ3) is 3.07. The number of rotatable bonds is 3. The number of nitro benzene ring substituents is 1. The molecule has 8 nitrogen and oxygen atoms in total. The number of nitrogens with zero attached hydrogens (tertiary/aromatic N) is 4. The number of benzene rings is 1. The maximum Gasteiger partial charge on any atom is 0.283 e. The number of amidine groups is 2. The van der Waals surface area contributed by atoms with Gasteiger partial charge >= 0.3 is 0 Å². The minimum atomic E-state index is -0.446. The Morgan fingerprint density at radius 2 is 1.93 bits per heavy atom. The average molecular weight is 421 g/mol. The highest BCUT2D eigenvalue weighted by molar-refractivity contribution is 8.16. The Balaban J connectivity index is 1.82. The van der Waals surface area contributed by atoms with Crippen LogP contribution in [0.5, 0.6) is 0 Å². The summed E-state index contributed by atoms with van der Waals surface area (Å²) in [5, 5.41) is 22.1. The Labute approximate surface area is 177 Å². The number of amides is 1. The molecule has 0 unspecified atom stereocenters. The SMILES string of the molecule is CC1=CSC2=NC(=O)C(=Cc3cc(C)n(-c4cc([N+](=O)[O-])ccc4C)c3C)C(=N)N12. The number of nitrogens with one attached hydrogen (secondary N) is 1. The van der Waals surface area contributed by atoms with Crippen molar-refractivity contribution in [2.75, 3.05) is 0 Å². The van der Waals surface area contributed by atoms with Crippen molar-refractivity contribution >= 4 is 40.4 Å². The molecule has 2 aromatic rings. The van der Waals surface area contributed by atoms with Gasteiger partial charge in [-0.2, -0.15) is 4.99 Å². The summed E-state index contributed by atoms with van der Waals surface area (Å²) in [5.74, 6) is -0.349. The van der Waals surface area contributed by atoms with Crippen molar-refractivity contribution in [1.82, 2.24) is 9.47 Å². The molecule has 1 aromatic heterocycles. The number of hydrogen-bond acceptors (Lipinski definition) is 5. The summed E-state index contributed by atoms with van der Waals surface area (Å²) in [6.45, 7) is 7.56. The molecule has 2 aliphatic rings. The van der Waals surface area contributed by atoms with Crippen LogP contribution in [0, 0.1) is 36.3 Å². The third-order valence-corrected chi connectivity index (χ3v) is 6.14. The Morgan fingerprint density at radius 1 is 1.20 bits per heavy atom. The van der Waals surface area contributed by atoms with Gasteiger partial charge in [-0.1, -0.05) is 17.8 Å². The number of carbonyl (C=O) groups is 1. The fraction of sp³-hybridized carbons (Fsp3) is 0.190. The minimum Gasteiger partial charge on any atom is -0.317 e. The van der Waals surface area contributed by atoms with Crippen LogP contribution in [-0.2, 0) is 4.79 Å². The van der Waals surface area contributed by atoms with Crippen LogP contribution in [-0.4, -0.2) is 31.3 Å². The second kappa shape index (κ2) is 7.10. The second-order valence-electron chi connectivity index (χ2n) is 7.21. The number of nitro groups is 1. The molecule has 152 valence electrons. The zero-order valence-corrected chi connectivity index (χ0v) is 17.7. The van der Waals surface area contributed by atoms with Crippen molar-refractivity contribution in [1.29, 1.82) is 5.41 Å². The predicted molar refractivity (Wildman–Crippen MR) is 118 cm³/mol. The number of hydrogen-bond donors (Lipinski definition) is 1. The highest BCUT2D eigenvalue weighted by Gasteiger charge is 2.34. The summed E-state index contributed by atoms with van der Waals surface area (Å²) in [7, 11) is 0. The third-order valence-electron chi connectivity index (χ3n) is 5.20. The van der Waals surface area contributed by atoms with Crippen LogP contribution in [0.2, 0.25) is 0 Å². The summed E-state index contributed by atoms with van der Waals surface area (Å²) in [6, 6.07) is 6.66. The van der Waals surface area contributed by atoms with Crippen molar-refractivity contribution in [2.24, 2.45) is 4.99 Å². The molecule has 0 atom stereocenters. The number of aryl methyl sites for hydroxylation is 2. The molecular formula is C21H19N5O3S. The zero-order chi connectivity index (χ0) is 21.7. The van der Waals surface area contributed by atoms with Gasteiger partial charge in [0.1, 0.15) is 5.84 Å². The van der Waals surface area contributed by atoms with E-state index in [1.807, 2.05) is 43.7 Å². The maximum atomic E-state index is 12.6. The van der Waals surface area contributed by atoms with Gasteiger partial charge < -0.3 is 4.57 Å². The van der Waals surface area contributed by atoms with E-state index in [0.29, 0.717) is 10.9 Å². The van der Waals surface area contributed by atoms with Crippen LogP contribution in [0.15, 0.2) is 45.9 Å². The van der Waals surface area contributed by atoms with Crippen LogP contribution in [0.4, 0.5) is 5.69 Å². The van der Waals surface area contributed by atoms with E-state index in [-0.39, 0.29) is 17.1 Å². The van der Waals surface area contributed by atoms with E-state index < -0.39 is 10.8 Å². The van der Waals surface area contributed by atoms with E-state index in [9.17, 15) is 14.9 Å². The Kier molecular flexibility index (Phi) is 4.70. The van der Waals surface area contributed by atoms with Crippen molar-refractivity contribution < 1.29 is 9.72 Å². The lowest BCUT2D eigenvalue weighted by Gasteiger charge is -2.25. The lowest BCUT2D eigenvalue weighted by atomic mass is 10.1. The first-order valence-electron chi connectivity index (χ1n) is 9.20. The molecule has 3 heterocycles. The van der Waals surface area contributed by atoms with Gasteiger partial charge in [0.2, 0.25) is 0 Å². The zero-order valence-electron chi connectivity index (χ0n) is 16.9. The average Bonchev–Trinajstić information content (AvgIpc) is 3.18. The first kappa shape index (κ1) is 19.8. The molecule has 0 fully saturated rings. The number of carbonyl (C=O) groups excluding carboxylic acids is 1. The van der Waals surface area contributed by atoms with Gasteiger partial charge in [-0.05, 0) is 56.4 Å². The molecular weight excluding hydrogens is 402 g/mol. The number of non-ortho nitro benzene ring substituents is 1. The molecule has 9 heteroatoms. The van der Waals surface area contributed by atoms with Crippen molar-refractivity contribution in [3.63, 3.8) is 0 Å². The van der Waals surface area contributed by atoms with Crippen LogP contribution >= 0.6 is 11.8 Å². The number of fused-ring (bicyclic) bond motifs is 1. The fourth-order valence-electron chi connectivity index (χ4n) is 3.65. The first-order valence-corrected chi connectivity index (χ1v) is 10.1. The highest BCUT2D eigenvalue weighted by atomic mass is 32.2. The Hall–Kier alpha value is -3.46. The minimum absolute atomic E-state index is 0.0166. The molecule has 1 N–H and O–H groups in total. The second-order valence-corrected chi connectivity index (χ2v) is 8.04. The largest absolute Gasteiger partial charge is 0.317 e. The molecule has 30 heavy (non-hydrogen) atoms. The fourth-order valence-corrected chi connectivity index (χ4v) is 4.51. The van der Waals surface area contributed by atoms with Crippen molar-refractivity contribution in [3.05, 3.63) is 73.6 Å². The molecule has 1 amide bonds. The number of thioether (sulfide) groups is 1. The molecule has 2 aliphatic heterocycles. The molecule has 0 saturated carbocycles. The van der Waals surface area contributed by atoms with Gasteiger partial charge in [0.15, 0.2) is 5.17 Å². The summed E-state index contributed by atoms with van der Waals surface area (Å²) in [5.41, 5.74) is 5.14. The van der Waals surface area contributed by atoms with E-state index in [2.05, 4.69) is 4.99 Å². The lowest BCUT2D eigenvalue weighted by molar-refractivity contribution is -0.384. The first-order chi connectivity index (χ1) is 14.2. The molecule has 0 saturated heterocycles. The summed E-state index contributed by atoms with van der Waals surface area (Å²) in [6.07, 6.45) is 1.67. The van der Waals surface area contributed by atoms with Crippen molar-refractivity contribution in [3.8, 4) is 5.69 Å². The smallest absolute Gasteiger partial charge is 0.283 e. The van der Waals surface area contributed by atoms with Gasteiger partial charge in [-0.25, -0.2) is 0 Å². The van der Waals surface area contributed by atoms with Gasteiger partial charge in [-0.3, -0.25) is 25.2 Å². The summed E-state index contributed by atoms with van der Waals surface area (Å²) >= 11 is 1.33. The van der Waals surface area contributed by atoms with Crippen LogP contribution < -0.4 is 0 Å². The molecule has 0 bridgehead atoms. The van der Waals surface area contributed by atoms with Gasteiger partial charge in [0.25, 0.3) is 11.6 Å². The number of aliphatic imine (C=N–C) groups is 1.